The van der Waals surface area contributed by atoms with Gasteiger partial charge in [-0.25, -0.2) is 10.4 Å². The van der Waals surface area contributed by atoms with Gasteiger partial charge in [0.2, 0.25) is 0 Å². The van der Waals surface area contributed by atoms with Crippen molar-refractivity contribution in [2.24, 2.45) is 5.10 Å². The first-order valence-corrected chi connectivity index (χ1v) is 7.05. The number of hydrazone groups is 1. The molecule has 0 radical (unpaired) electrons. The summed E-state index contributed by atoms with van der Waals surface area (Å²) in [4.78, 5) is 16.2. The van der Waals surface area contributed by atoms with Gasteiger partial charge in [0.15, 0.2) is 0 Å². The van der Waals surface area contributed by atoms with Crippen molar-refractivity contribution in [3.05, 3.63) is 76.9 Å². The number of fused-ring (bicyclic) bond motifs is 1. The summed E-state index contributed by atoms with van der Waals surface area (Å²) in [5.74, 6) is -0.276. The molecule has 108 valence electrons. The van der Waals surface area contributed by atoms with Crippen molar-refractivity contribution in [3.8, 4) is 0 Å². The van der Waals surface area contributed by atoms with Crippen molar-refractivity contribution in [3.63, 3.8) is 0 Å². The lowest BCUT2D eigenvalue weighted by Crippen LogP contribution is -2.17. The van der Waals surface area contributed by atoms with Gasteiger partial charge in [0.05, 0.1) is 11.7 Å². The smallest absolute Gasteiger partial charge is 0.267 e. The molecule has 1 amide bonds. The number of hydrogen-bond donors (Lipinski definition) is 1. The molecular weight excluding hydrogens is 298 g/mol. The van der Waals surface area contributed by atoms with E-state index in [-0.39, 0.29) is 5.91 Å². The average molecular weight is 310 g/mol. The van der Waals surface area contributed by atoms with E-state index in [2.05, 4.69) is 15.5 Å². The van der Waals surface area contributed by atoms with Crippen molar-refractivity contribution in [2.45, 2.75) is 0 Å². The summed E-state index contributed by atoms with van der Waals surface area (Å²) in [5, 5.41) is 5.24. The summed E-state index contributed by atoms with van der Waals surface area (Å²) in [6.45, 7) is 0. The molecule has 3 rings (SSSR count). The number of nitrogens with zero attached hydrogens (tertiary/aromatic N) is 2. The predicted molar refractivity (Wildman–Crippen MR) is 88.3 cm³/mol. The lowest BCUT2D eigenvalue weighted by atomic mass is 10.2. The number of carbonyl (C=O) groups is 1. The van der Waals surface area contributed by atoms with Crippen LogP contribution in [0.3, 0.4) is 0 Å². The number of carbonyl (C=O) groups excluding carboxylic acids is 1. The highest BCUT2D eigenvalue weighted by Crippen LogP contribution is 2.18. The molecular formula is C17H12ClN3O. The normalized spacial score (nSPS) is 11.0. The first kappa shape index (κ1) is 14.2. The monoisotopic (exact) mass is 309 g/mol. The van der Waals surface area contributed by atoms with Crippen LogP contribution in [0.25, 0.3) is 10.9 Å². The molecule has 5 heteroatoms. The molecule has 0 aliphatic rings. The number of pyridine rings is 1. The number of amides is 1. The first-order chi connectivity index (χ1) is 10.7. The Bertz CT molecular complexity index is 847. The topological polar surface area (TPSA) is 54.4 Å². The van der Waals surface area contributed by atoms with Gasteiger partial charge in [0, 0.05) is 16.5 Å². The van der Waals surface area contributed by atoms with Crippen molar-refractivity contribution in [1.82, 2.24) is 10.4 Å². The maximum atomic E-state index is 11.9. The van der Waals surface area contributed by atoms with Crippen LogP contribution in [0.4, 0.5) is 0 Å². The third-order valence-electron chi connectivity index (χ3n) is 3.11. The molecule has 1 N–H and O–H groups in total. The Morgan fingerprint density at radius 1 is 1.09 bits per heavy atom. The Morgan fingerprint density at radius 2 is 1.82 bits per heavy atom. The van der Waals surface area contributed by atoms with E-state index in [1.54, 1.807) is 24.3 Å². The summed E-state index contributed by atoms with van der Waals surface area (Å²) < 4.78 is 0. The molecule has 0 fully saturated rings. The van der Waals surface area contributed by atoms with Gasteiger partial charge in [-0.3, -0.25) is 4.79 Å². The molecule has 22 heavy (non-hydrogen) atoms. The van der Waals surface area contributed by atoms with Crippen molar-refractivity contribution < 1.29 is 4.79 Å². The first-order valence-electron chi connectivity index (χ1n) is 6.68. The predicted octanol–water partition coefficient (Wildman–Crippen LogP) is 3.65. The fourth-order valence-electron chi connectivity index (χ4n) is 2.01. The van der Waals surface area contributed by atoms with E-state index in [9.17, 15) is 4.79 Å². The zero-order valence-electron chi connectivity index (χ0n) is 11.5. The Morgan fingerprint density at radius 3 is 2.64 bits per heavy atom. The maximum Gasteiger partial charge on any atom is 0.271 e. The summed E-state index contributed by atoms with van der Waals surface area (Å²) >= 11 is 6.12. The van der Waals surface area contributed by atoms with Gasteiger partial charge >= 0.3 is 0 Å². The number of rotatable bonds is 3. The molecule has 3 aromatic rings. The van der Waals surface area contributed by atoms with Gasteiger partial charge in [-0.1, -0.05) is 48.0 Å². The summed E-state index contributed by atoms with van der Waals surface area (Å²) in [5.41, 5.74) is 4.48. The number of benzene rings is 2. The Hall–Kier alpha value is -2.72. The van der Waals surface area contributed by atoms with E-state index in [0.29, 0.717) is 16.3 Å². The number of para-hydroxylation sites is 1. The van der Waals surface area contributed by atoms with Gasteiger partial charge in [-0.15, -0.1) is 0 Å². The molecule has 0 unspecified atom stereocenters. The third kappa shape index (κ3) is 3.13. The highest BCUT2D eigenvalue weighted by atomic mass is 35.5. The summed E-state index contributed by atoms with van der Waals surface area (Å²) in [7, 11) is 0. The van der Waals surface area contributed by atoms with Crippen LogP contribution in [-0.4, -0.2) is 17.1 Å². The fourth-order valence-corrected chi connectivity index (χ4v) is 2.21. The van der Waals surface area contributed by atoms with E-state index in [4.69, 9.17) is 11.6 Å². The van der Waals surface area contributed by atoms with Crippen molar-refractivity contribution >= 4 is 34.6 Å². The van der Waals surface area contributed by atoms with Crippen LogP contribution in [-0.2, 0) is 0 Å². The Balaban J connectivity index is 1.78. The van der Waals surface area contributed by atoms with Crippen molar-refractivity contribution in [1.29, 1.82) is 0 Å². The number of hydrogen-bond acceptors (Lipinski definition) is 3. The third-order valence-corrected chi connectivity index (χ3v) is 3.41. The highest BCUT2D eigenvalue weighted by molar-refractivity contribution is 6.32. The molecule has 0 saturated heterocycles. The molecule has 1 heterocycles. The second-order valence-electron chi connectivity index (χ2n) is 4.63. The maximum absolute atomic E-state index is 11.9. The minimum Gasteiger partial charge on any atom is -0.267 e. The molecule has 0 atom stereocenters. The minimum absolute atomic E-state index is 0.276. The molecule has 4 nitrogen and oxygen atoms in total. The van der Waals surface area contributed by atoms with Crippen LogP contribution in [0.1, 0.15) is 15.9 Å². The molecule has 1 aromatic heterocycles. The second kappa shape index (κ2) is 6.37. The largest absolute Gasteiger partial charge is 0.271 e. The van der Waals surface area contributed by atoms with Gasteiger partial charge < -0.3 is 0 Å². The summed E-state index contributed by atoms with van der Waals surface area (Å²) in [6, 6.07) is 18.4. The van der Waals surface area contributed by atoms with E-state index in [1.165, 1.54) is 6.21 Å². The highest BCUT2D eigenvalue weighted by Gasteiger charge is 2.04. The SMILES string of the molecule is O=C(N/N=C/c1cc2ccccc2nc1Cl)c1ccccc1. The van der Waals surface area contributed by atoms with Crippen molar-refractivity contribution in [2.75, 3.05) is 0 Å². The molecule has 0 bridgehead atoms. The fraction of sp³-hybridized carbons (Fsp3) is 0. The molecule has 0 aliphatic heterocycles. The van der Waals surface area contributed by atoms with Crippen LogP contribution in [0.5, 0.6) is 0 Å². The van der Waals surface area contributed by atoms with Crippen LogP contribution >= 0.6 is 11.6 Å². The number of halogens is 1. The van der Waals surface area contributed by atoms with Crippen LogP contribution in [0.15, 0.2) is 65.8 Å². The minimum atomic E-state index is -0.276. The van der Waals surface area contributed by atoms with E-state index in [0.717, 1.165) is 10.9 Å². The standard InChI is InChI=1S/C17H12ClN3O/c18-16-14(10-13-8-4-5-9-15(13)20-16)11-19-21-17(22)12-6-2-1-3-7-12/h1-11H,(H,21,22)/b19-11+. The van der Waals surface area contributed by atoms with E-state index >= 15 is 0 Å². The lowest BCUT2D eigenvalue weighted by molar-refractivity contribution is 0.0955. The van der Waals surface area contributed by atoms with Gasteiger partial charge in [0.1, 0.15) is 5.15 Å². The summed E-state index contributed by atoms with van der Waals surface area (Å²) in [6.07, 6.45) is 1.49. The zero-order chi connectivity index (χ0) is 15.4. The van der Waals surface area contributed by atoms with Crippen LogP contribution in [0.2, 0.25) is 5.15 Å². The van der Waals surface area contributed by atoms with E-state index < -0.39 is 0 Å². The molecule has 0 spiro atoms. The Kier molecular flexibility index (Phi) is 4.12. The van der Waals surface area contributed by atoms with E-state index in [1.807, 2.05) is 36.4 Å². The van der Waals surface area contributed by atoms with Gasteiger partial charge in [-0.2, -0.15) is 5.10 Å². The van der Waals surface area contributed by atoms with Crippen LogP contribution in [0, 0.1) is 0 Å². The lowest BCUT2D eigenvalue weighted by Gasteiger charge is -2.02. The molecule has 0 saturated carbocycles. The Labute approximate surface area is 132 Å². The number of nitrogens with one attached hydrogen (secondary N) is 1. The quantitative estimate of drug-likeness (QED) is 0.456. The second-order valence-corrected chi connectivity index (χ2v) is 4.98. The molecule has 2 aromatic carbocycles. The average Bonchev–Trinajstić information content (AvgIpc) is 2.56. The van der Waals surface area contributed by atoms with Gasteiger partial charge in [0.25, 0.3) is 5.91 Å². The molecule has 0 aliphatic carbocycles. The van der Waals surface area contributed by atoms with Gasteiger partial charge in [-0.05, 0) is 24.3 Å². The number of aromatic nitrogens is 1. The zero-order valence-corrected chi connectivity index (χ0v) is 12.3. The van der Waals surface area contributed by atoms with Crippen LogP contribution < -0.4 is 5.43 Å².